The number of fused-ring (bicyclic) bond motifs is 3. The van der Waals surface area contributed by atoms with Crippen molar-refractivity contribution in [2.24, 2.45) is 28.1 Å². The zero-order chi connectivity index (χ0) is 56.1. The number of thiophene rings is 1. The third-order valence-corrected chi connectivity index (χ3v) is 19.6. The smallest absolute Gasteiger partial charge is 0.426 e. The lowest BCUT2D eigenvalue weighted by Gasteiger charge is -2.60. The molecule has 1 aromatic heterocycles. The van der Waals surface area contributed by atoms with E-state index in [0.717, 1.165) is 32.1 Å². The Morgan fingerprint density at radius 3 is 1.68 bits per heavy atom. The van der Waals surface area contributed by atoms with Crippen LogP contribution in [0.1, 0.15) is 158 Å². The van der Waals surface area contributed by atoms with E-state index in [-0.39, 0.29) is 51.1 Å². The fraction of sp³-hybridized carbons (Fsp3) is 0.557. The average Bonchev–Trinajstić information content (AvgIpc) is 3.94. The van der Waals surface area contributed by atoms with Crippen molar-refractivity contribution in [3.8, 4) is 10.6 Å². The van der Waals surface area contributed by atoms with Gasteiger partial charge in [0.15, 0.2) is 14.3 Å². The summed E-state index contributed by atoms with van der Waals surface area (Å²) in [5, 5.41) is 12.1. The maximum absolute atomic E-state index is 13.3. The molecule has 5 saturated carbocycles. The summed E-state index contributed by atoms with van der Waals surface area (Å²) < 4.78 is 91.5. The zero-order valence-electron chi connectivity index (χ0n) is 46.0. The maximum atomic E-state index is 13.3. The van der Waals surface area contributed by atoms with Crippen molar-refractivity contribution in [1.82, 2.24) is 0 Å². The SMILES string of the molecule is CCC(C)(C)C(=O)OC1(C)CCCC1.CCC(C)(C)C(=O)OC12CC3CC(C1)CC(C(=O)OC(CS(=O)(=O)[O-])C(F)(F)F)(C3)C2.CCC(C)(C)c1cccc(O)c1.c1ccc(-[s+]2c3ccccc3c3ccccc32)cc1. The summed E-state index contributed by atoms with van der Waals surface area (Å²) in [4.78, 5) is 38.9. The summed E-state index contributed by atoms with van der Waals surface area (Å²) >= 11 is 0. The fourth-order valence-electron chi connectivity index (χ4n) is 11.2. The van der Waals surface area contributed by atoms with E-state index < -0.39 is 56.5 Å². The van der Waals surface area contributed by atoms with Crippen molar-refractivity contribution in [3.05, 3.63) is 109 Å². The summed E-state index contributed by atoms with van der Waals surface area (Å²) in [5.41, 5.74) is -2.10. The van der Waals surface area contributed by atoms with E-state index in [2.05, 4.69) is 117 Å². The minimum absolute atomic E-state index is 0.00100. The summed E-state index contributed by atoms with van der Waals surface area (Å²) in [6, 6.07) is 35.9. The van der Waals surface area contributed by atoms with Gasteiger partial charge in [-0.3, -0.25) is 14.4 Å². The molecule has 0 spiro atoms. The molecule has 3 unspecified atom stereocenters. The van der Waals surface area contributed by atoms with E-state index in [0.29, 0.717) is 37.9 Å². The number of hydrogen-bond donors (Lipinski definition) is 1. The Hall–Kier alpha value is -4.99. The highest BCUT2D eigenvalue weighted by Crippen LogP contribution is 2.64. The van der Waals surface area contributed by atoms with Crippen molar-refractivity contribution in [2.45, 2.75) is 182 Å². The standard InChI is InChI=1S/C20H29F3O7S.C18H13S.C12H22O2.C11H16O/c1-4-17(2,3)15(24)30-19-8-12-5-13(9-19)7-18(6-12,11-19)16(25)29-14(20(21,22)23)10-31(26,27)28;1-2-8-14(9-3-1)19-17-12-6-4-10-15(17)16-11-5-7-13-18(16)19;1-5-11(2,3)10(13)14-12(4)8-6-7-9-12;1-4-11(2,3)9-6-5-7-10(12)8-9/h12-14H,4-11H2,1-3H3,(H,26,27,28);1-13H;5-9H2,1-4H3;5-8,12H,4H2,1-3H3/q;+1;;/p-1. The fourth-order valence-corrected chi connectivity index (χ4v) is 14.2. The quantitative estimate of drug-likeness (QED) is 0.0521. The largest absolute Gasteiger partial charge is 0.748 e. The normalized spacial score (nSPS) is 22.2. The van der Waals surface area contributed by atoms with Crippen molar-refractivity contribution < 1.29 is 59.8 Å². The third-order valence-electron chi connectivity index (χ3n) is 16.6. The van der Waals surface area contributed by atoms with Gasteiger partial charge in [-0.2, -0.15) is 13.2 Å². The Kier molecular flexibility index (Phi) is 18.7. The number of carbonyl (C=O) groups is 3. The van der Waals surface area contributed by atoms with Crippen LogP contribution in [0.3, 0.4) is 0 Å². The van der Waals surface area contributed by atoms with Crippen LogP contribution >= 0.6 is 10.5 Å². The molecule has 1 heterocycles. The van der Waals surface area contributed by atoms with E-state index in [1.807, 2.05) is 39.8 Å². The number of benzene rings is 4. The Morgan fingerprint density at radius 1 is 0.711 bits per heavy atom. The molecular weight excluding hydrogens is 1010 g/mol. The minimum Gasteiger partial charge on any atom is -0.748 e. The number of aromatic hydroxyl groups is 1. The van der Waals surface area contributed by atoms with Gasteiger partial charge >= 0.3 is 24.1 Å². The summed E-state index contributed by atoms with van der Waals surface area (Å²) in [6.45, 7) is 19.9. The van der Waals surface area contributed by atoms with Gasteiger partial charge < -0.3 is 23.9 Å². The Bertz CT molecular complexity index is 2850. The molecule has 5 aliphatic rings. The van der Waals surface area contributed by atoms with Gasteiger partial charge in [0.25, 0.3) is 0 Å². The predicted octanol–water partition coefficient (Wildman–Crippen LogP) is 15.4. The molecule has 0 radical (unpaired) electrons. The number of halogens is 3. The van der Waals surface area contributed by atoms with Gasteiger partial charge in [-0.15, -0.1) is 0 Å². The topological polar surface area (TPSA) is 156 Å². The van der Waals surface area contributed by atoms with Gasteiger partial charge in [-0.05, 0) is 183 Å². The molecule has 5 aromatic rings. The van der Waals surface area contributed by atoms with Crippen LogP contribution in [0.4, 0.5) is 13.2 Å². The van der Waals surface area contributed by atoms with Gasteiger partial charge in [-0.1, -0.05) is 89.2 Å². The van der Waals surface area contributed by atoms with Crippen LogP contribution in [0.2, 0.25) is 0 Å². The number of phenolic OH excluding ortho intramolecular Hbond substituents is 1. The molecule has 4 aromatic carbocycles. The van der Waals surface area contributed by atoms with Crippen LogP contribution in [-0.4, -0.2) is 65.2 Å². The van der Waals surface area contributed by atoms with Crippen molar-refractivity contribution in [3.63, 3.8) is 0 Å². The van der Waals surface area contributed by atoms with Crippen LogP contribution in [-0.2, 0) is 44.1 Å². The molecule has 10 nitrogen and oxygen atoms in total. The molecule has 5 aliphatic carbocycles. The van der Waals surface area contributed by atoms with Crippen molar-refractivity contribution in [2.75, 3.05) is 5.75 Å². The molecule has 416 valence electrons. The number of hydrogen-bond acceptors (Lipinski definition) is 10. The first-order valence-corrected chi connectivity index (χ1v) is 29.7. The molecular formula is C61H79F3O10S2. The van der Waals surface area contributed by atoms with Gasteiger partial charge in [-0.25, -0.2) is 8.42 Å². The second-order valence-corrected chi connectivity index (χ2v) is 27.3. The number of phenols is 1. The lowest BCUT2D eigenvalue weighted by Crippen LogP contribution is -2.61. The van der Waals surface area contributed by atoms with Crippen LogP contribution in [0, 0.1) is 28.1 Å². The molecule has 5 fully saturated rings. The number of carbonyl (C=O) groups excluding carboxylic acids is 3. The molecule has 4 bridgehead atoms. The summed E-state index contributed by atoms with van der Waals surface area (Å²) in [5.74, 6) is -3.12. The second-order valence-electron chi connectivity index (χ2n) is 23.9. The molecule has 3 atom stereocenters. The molecule has 0 aliphatic heterocycles. The van der Waals surface area contributed by atoms with E-state index >= 15 is 0 Å². The minimum atomic E-state index is -5.27. The molecule has 0 saturated heterocycles. The Morgan fingerprint density at radius 2 is 1.21 bits per heavy atom. The van der Waals surface area contributed by atoms with Gasteiger partial charge in [0, 0.05) is 27.7 Å². The highest BCUT2D eigenvalue weighted by atomic mass is 32.2. The maximum Gasteiger partial charge on any atom is 0.426 e. The highest BCUT2D eigenvalue weighted by Gasteiger charge is 2.64. The van der Waals surface area contributed by atoms with Crippen LogP contribution in [0.15, 0.2) is 103 Å². The number of rotatable bonds is 13. The number of ether oxygens (including phenoxy) is 3. The monoisotopic (exact) mass is 1090 g/mol. The molecule has 15 heteroatoms. The van der Waals surface area contributed by atoms with E-state index in [9.17, 15) is 45.6 Å². The predicted molar refractivity (Wildman–Crippen MR) is 294 cm³/mol. The first kappa shape index (κ1) is 60.2. The van der Waals surface area contributed by atoms with E-state index in [1.165, 1.54) is 43.5 Å². The molecule has 10 rings (SSSR count). The summed E-state index contributed by atoms with van der Waals surface area (Å²) in [7, 11) is -5.21. The lowest BCUT2D eigenvalue weighted by atomic mass is 9.48. The Balaban J connectivity index is 0.000000177. The van der Waals surface area contributed by atoms with Crippen LogP contribution < -0.4 is 0 Å². The van der Waals surface area contributed by atoms with Gasteiger partial charge in [0.2, 0.25) is 6.10 Å². The Labute approximate surface area is 451 Å². The highest BCUT2D eigenvalue weighted by molar-refractivity contribution is 7.85. The van der Waals surface area contributed by atoms with E-state index in [1.54, 1.807) is 19.9 Å². The number of esters is 3. The van der Waals surface area contributed by atoms with E-state index in [4.69, 9.17) is 9.47 Å². The molecule has 1 N–H and O–H groups in total. The lowest BCUT2D eigenvalue weighted by molar-refractivity contribution is -0.239. The van der Waals surface area contributed by atoms with Gasteiger partial charge in [0.1, 0.15) is 17.0 Å². The molecule has 76 heavy (non-hydrogen) atoms. The first-order valence-electron chi connectivity index (χ1n) is 26.9. The first-order chi connectivity index (χ1) is 35.4. The molecule has 0 amide bonds. The van der Waals surface area contributed by atoms with Crippen LogP contribution in [0.5, 0.6) is 5.75 Å². The zero-order valence-corrected chi connectivity index (χ0v) is 47.7. The average molecular weight is 1090 g/mol. The second kappa shape index (κ2) is 23.5. The summed E-state index contributed by atoms with van der Waals surface area (Å²) in [6.07, 6.45) is 1.21. The number of alkyl halides is 3. The van der Waals surface area contributed by atoms with Crippen LogP contribution in [0.25, 0.3) is 25.1 Å². The van der Waals surface area contributed by atoms with Crippen molar-refractivity contribution in [1.29, 1.82) is 0 Å². The van der Waals surface area contributed by atoms with Gasteiger partial charge in [0.05, 0.1) is 32.1 Å². The van der Waals surface area contributed by atoms with Crippen molar-refractivity contribution >= 4 is 58.7 Å². The third kappa shape index (κ3) is 14.6.